The van der Waals surface area contributed by atoms with E-state index in [9.17, 15) is 9.00 Å². The van der Waals surface area contributed by atoms with Crippen molar-refractivity contribution in [3.63, 3.8) is 0 Å². The topological polar surface area (TPSA) is 34.1 Å². The number of ketones is 1. The number of hydrogen-bond acceptors (Lipinski definition) is 2. The van der Waals surface area contributed by atoms with E-state index < -0.39 is 10.8 Å². The lowest BCUT2D eigenvalue weighted by Gasteiger charge is -2.17. The van der Waals surface area contributed by atoms with E-state index in [-0.39, 0.29) is 11.0 Å². The Morgan fingerprint density at radius 2 is 2.30 bits per heavy atom. The summed E-state index contributed by atoms with van der Waals surface area (Å²) in [5.41, 5.74) is 0. The molecule has 0 aliphatic heterocycles. The summed E-state index contributed by atoms with van der Waals surface area (Å²) >= 11 is 0. The molecule has 0 aromatic heterocycles. The maximum Gasteiger partial charge on any atom is 0.134 e. The molecular weight excluding hydrogens is 148 g/mol. The van der Waals surface area contributed by atoms with Gasteiger partial charge in [0.05, 0.1) is 0 Å². The predicted molar refractivity (Wildman–Crippen MR) is 41.3 cm³/mol. The first kappa shape index (κ1) is 7.92. The normalized spacial score (nSPS) is 30.1. The van der Waals surface area contributed by atoms with Crippen molar-refractivity contribution in [3.8, 4) is 0 Å². The number of rotatable bonds is 1. The van der Waals surface area contributed by atoms with Gasteiger partial charge in [-0.3, -0.25) is 9.00 Å². The third kappa shape index (κ3) is 1.90. The fraction of sp³-hybridized carbons (Fsp3) is 0.857. The summed E-state index contributed by atoms with van der Waals surface area (Å²) in [6, 6.07) is 0. The van der Waals surface area contributed by atoms with Crippen LogP contribution in [0.1, 0.15) is 25.7 Å². The van der Waals surface area contributed by atoms with Crippen molar-refractivity contribution in [2.24, 2.45) is 0 Å². The van der Waals surface area contributed by atoms with Crippen molar-refractivity contribution in [1.82, 2.24) is 0 Å². The molecule has 2 nitrogen and oxygen atoms in total. The molecule has 0 aromatic carbocycles. The molecule has 0 spiro atoms. The lowest BCUT2D eigenvalue weighted by atomic mass is 9.99. The van der Waals surface area contributed by atoms with Crippen LogP contribution in [0.25, 0.3) is 0 Å². The average molecular weight is 160 g/mol. The first-order valence-electron chi connectivity index (χ1n) is 3.54. The molecule has 0 saturated heterocycles. The monoisotopic (exact) mass is 160 g/mol. The Morgan fingerprint density at radius 3 is 2.70 bits per heavy atom. The van der Waals surface area contributed by atoms with E-state index >= 15 is 0 Å². The number of carbonyl (C=O) groups is 1. The highest BCUT2D eigenvalue weighted by Crippen LogP contribution is 2.18. The third-order valence-electron chi connectivity index (χ3n) is 1.91. The van der Waals surface area contributed by atoms with Crippen LogP contribution in [0.2, 0.25) is 0 Å². The Bertz CT molecular complexity index is 163. The van der Waals surface area contributed by atoms with Crippen LogP contribution in [0.3, 0.4) is 0 Å². The van der Waals surface area contributed by atoms with E-state index in [1.54, 1.807) is 6.26 Å². The molecule has 1 rings (SSSR count). The van der Waals surface area contributed by atoms with Crippen molar-refractivity contribution in [2.75, 3.05) is 6.26 Å². The molecule has 58 valence electrons. The highest BCUT2D eigenvalue weighted by atomic mass is 32.2. The second-order valence-electron chi connectivity index (χ2n) is 2.76. The Morgan fingerprint density at radius 1 is 1.60 bits per heavy atom. The van der Waals surface area contributed by atoms with Crippen LogP contribution in [0, 0.1) is 0 Å². The zero-order valence-corrected chi connectivity index (χ0v) is 6.95. The van der Waals surface area contributed by atoms with Crippen LogP contribution in [0.15, 0.2) is 0 Å². The second kappa shape index (κ2) is 3.28. The Hall–Kier alpha value is -0.180. The predicted octanol–water partition coefficient (Wildman–Crippen LogP) is 0.877. The summed E-state index contributed by atoms with van der Waals surface area (Å²) in [5, 5.41) is 0.154. The summed E-state index contributed by atoms with van der Waals surface area (Å²) in [6.07, 6.45) is 4.83. The summed E-state index contributed by atoms with van der Waals surface area (Å²) in [4.78, 5) is 10.8. The molecule has 2 atom stereocenters. The van der Waals surface area contributed by atoms with Crippen LogP contribution in [-0.2, 0) is 15.6 Å². The molecule has 0 amide bonds. The number of hydrogen-bond donors (Lipinski definition) is 0. The lowest BCUT2D eigenvalue weighted by molar-refractivity contribution is -0.120. The van der Waals surface area contributed by atoms with Gasteiger partial charge in [0.2, 0.25) is 0 Å². The quantitative estimate of drug-likeness (QED) is 0.570. The van der Waals surface area contributed by atoms with Gasteiger partial charge in [-0.2, -0.15) is 0 Å². The molecule has 10 heavy (non-hydrogen) atoms. The lowest BCUT2D eigenvalue weighted by Crippen LogP contribution is -2.23. The molecular formula is C7H12O2S. The molecule has 0 heterocycles. The van der Waals surface area contributed by atoms with Crippen molar-refractivity contribution >= 4 is 16.6 Å². The van der Waals surface area contributed by atoms with Gasteiger partial charge in [-0.15, -0.1) is 0 Å². The van der Waals surface area contributed by atoms with Gasteiger partial charge in [-0.25, -0.2) is 0 Å². The van der Waals surface area contributed by atoms with Gasteiger partial charge in [0.1, 0.15) is 5.78 Å². The zero-order chi connectivity index (χ0) is 7.56. The average Bonchev–Trinajstić information content (AvgIpc) is 1.88. The zero-order valence-electron chi connectivity index (χ0n) is 6.13. The molecule has 0 radical (unpaired) electrons. The van der Waals surface area contributed by atoms with Crippen molar-refractivity contribution in [2.45, 2.75) is 30.9 Å². The molecule has 3 heteroatoms. The fourth-order valence-corrected chi connectivity index (χ4v) is 2.19. The summed E-state index contributed by atoms with van der Waals surface area (Å²) < 4.78 is 10.9. The number of Topliss-reactive ketones (excluding diaryl/α,β-unsaturated/α-hetero) is 1. The number of carbonyl (C=O) groups excluding carboxylic acids is 1. The molecule has 2 unspecified atom stereocenters. The van der Waals surface area contributed by atoms with Gasteiger partial charge in [0.25, 0.3) is 0 Å². The minimum absolute atomic E-state index is 0.154. The van der Waals surface area contributed by atoms with Crippen LogP contribution < -0.4 is 0 Å². The third-order valence-corrected chi connectivity index (χ3v) is 3.25. The van der Waals surface area contributed by atoms with Gasteiger partial charge in [-0.1, -0.05) is 0 Å². The fourth-order valence-electron chi connectivity index (χ4n) is 1.27. The smallest absolute Gasteiger partial charge is 0.134 e. The summed E-state index contributed by atoms with van der Waals surface area (Å²) in [6.45, 7) is 0. The highest BCUT2D eigenvalue weighted by Gasteiger charge is 2.21. The standard InChI is InChI=1S/C7H12O2S/c1-10(9)7-4-2-3-6(8)5-7/h7H,2-5H2,1H3. The van der Waals surface area contributed by atoms with E-state index in [1.165, 1.54) is 0 Å². The van der Waals surface area contributed by atoms with Gasteiger partial charge < -0.3 is 0 Å². The molecule has 1 saturated carbocycles. The van der Waals surface area contributed by atoms with Gasteiger partial charge >= 0.3 is 0 Å². The highest BCUT2D eigenvalue weighted by molar-refractivity contribution is 7.84. The van der Waals surface area contributed by atoms with E-state index in [0.717, 1.165) is 12.8 Å². The van der Waals surface area contributed by atoms with Crippen molar-refractivity contribution in [1.29, 1.82) is 0 Å². The van der Waals surface area contributed by atoms with Crippen LogP contribution in [-0.4, -0.2) is 21.5 Å². The van der Waals surface area contributed by atoms with E-state index in [4.69, 9.17) is 0 Å². The minimum Gasteiger partial charge on any atom is -0.300 e. The Balaban J connectivity index is 2.47. The van der Waals surface area contributed by atoms with Gasteiger partial charge in [0.15, 0.2) is 0 Å². The van der Waals surface area contributed by atoms with Crippen LogP contribution in [0.4, 0.5) is 0 Å². The van der Waals surface area contributed by atoms with E-state index in [0.29, 0.717) is 12.8 Å². The largest absolute Gasteiger partial charge is 0.300 e. The molecule has 0 N–H and O–H groups in total. The Labute approximate surface area is 63.5 Å². The maximum atomic E-state index is 10.9. The van der Waals surface area contributed by atoms with Gasteiger partial charge in [-0.05, 0) is 12.8 Å². The molecule has 1 fully saturated rings. The van der Waals surface area contributed by atoms with Crippen molar-refractivity contribution in [3.05, 3.63) is 0 Å². The molecule has 1 aliphatic rings. The molecule has 0 aromatic rings. The first-order chi connectivity index (χ1) is 4.70. The molecule has 0 bridgehead atoms. The Kier molecular flexibility index (Phi) is 2.60. The first-order valence-corrected chi connectivity index (χ1v) is 5.16. The summed E-state index contributed by atoms with van der Waals surface area (Å²) in [5.74, 6) is 0.284. The van der Waals surface area contributed by atoms with Crippen molar-refractivity contribution < 1.29 is 9.00 Å². The van der Waals surface area contributed by atoms with E-state index in [2.05, 4.69) is 0 Å². The van der Waals surface area contributed by atoms with E-state index in [1.807, 2.05) is 0 Å². The SMILES string of the molecule is CS(=O)C1CCCC(=O)C1. The second-order valence-corrected chi connectivity index (χ2v) is 4.42. The molecule has 1 aliphatic carbocycles. The summed E-state index contributed by atoms with van der Waals surface area (Å²) in [7, 11) is -0.794. The minimum atomic E-state index is -0.794. The van der Waals surface area contributed by atoms with Crippen LogP contribution in [0.5, 0.6) is 0 Å². The maximum absolute atomic E-state index is 10.9. The van der Waals surface area contributed by atoms with Crippen LogP contribution >= 0.6 is 0 Å². The van der Waals surface area contributed by atoms with Gasteiger partial charge in [0, 0.05) is 35.1 Å².